The van der Waals surface area contributed by atoms with Crippen LogP contribution in [0, 0.1) is 6.92 Å². The van der Waals surface area contributed by atoms with Gasteiger partial charge in [-0.15, -0.1) is 0 Å². The average Bonchev–Trinajstić information content (AvgIpc) is 3.49. The largest absolute Gasteiger partial charge is 0.310 e. The van der Waals surface area contributed by atoms with Crippen molar-refractivity contribution >= 4 is 17.1 Å². The van der Waals surface area contributed by atoms with E-state index >= 15 is 0 Å². The molecule has 0 heterocycles. The van der Waals surface area contributed by atoms with Crippen LogP contribution < -0.4 is 4.90 Å². The fourth-order valence-corrected chi connectivity index (χ4v) is 10.2. The summed E-state index contributed by atoms with van der Waals surface area (Å²) in [5.74, 6) is 0. The van der Waals surface area contributed by atoms with Crippen LogP contribution in [0.1, 0.15) is 107 Å². The highest BCUT2D eigenvalue weighted by Gasteiger charge is 2.42. The van der Waals surface area contributed by atoms with E-state index in [-0.39, 0.29) is 21.7 Å². The molecule has 3 aliphatic carbocycles. The summed E-state index contributed by atoms with van der Waals surface area (Å²) in [4.78, 5) is 2.56. The van der Waals surface area contributed by atoms with E-state index in [0.29, 0.717) is 0 Å². The Morgan fingerprint density at radius 1 is 0.423 bits per heavy atom. The van der Waals surface area contributed by atoms with Crippen molar-refractivity contribution < 1.29 is 0 Å². The van der Waals surface area contributed by atoms with Crippen LogP contribution in [0.15, 0.2) is 121 Å². The van der Waals surface area contributed by atoms with Gasteiger partial charge in [0.1, 0.15) is 0 Å². The van der Waals surface area contributed by atoms with Gasteiger partial charge in [-0.1, -0.05) is 140 Å². The second-order valence-corrected chi connectivity index (χ2v) is 18.1. The van der Waals surface area contributed by atoms with Crippen molar-refractivity contribution in [2.24, 2.45) is 0 Å². The number of rotatable bonds is 4. The lowest BCUT2D eigenvalue weighted by Gasteiger charge is -2.44. The van der Waals surface area contributed by atoms with Crippen molar-refractivity contribution in [2.45, 2.75) is 96.8 Å². The summed E-state index contributed by atoms with van der Waals surface area (Å²) in [6, 6.07) is 46.3. The van der Waals surface area contributed by atoms with Crippen LogP contribution in [0.3, 0.4) is 0 Å². The van der Waals surface area contributed by atoms with E-state index in [1.807, 2.05) is 0 Å². The third-order valence-corrected chi connectivity index (χ3v) is 13.2. The molecule has 0 radical (unpaired) electrons. The van der Waals surface area contributed by atoms with E-state index in [2.05, 4.69) is 189 Å². The fourth-order valence-electron chi connectivity index (χ4n) is 10.2. The first-order valence-corrected chi connectivity index (χ1v) is 19.2. The molecule has 260 valence electrons. The van der Waals surface area contributed by atoms with Crippen LogP contribution in [0.25, 0.3) is 33.4 Å². The van der Waals surface area contributed by atoms with Gasteiger partial charge in [0, 0.05) is 27.8 Å². The van der Waals surface area contributed by atoms with Crippen LogP contribution in [-0.4, -0.2) is 0 Å². The zero-order valence-electron chi connectivity index (χ0n) is 32.4. The fraction of sp³-hybridized carbons (Fsp3) is 0.294. The Morgan fingerprint density at radius 3 is 1.65 bits per heavy atom. The van der Waals surface area contributed by atoms with Gasteiger partial charge in [-0.05, 0) is 134 Å². The Kier molecular flexibility index (Phi) is 7.02. The van der Waals surface area contributed by atoms with Crippen molar-refractivity contribution in [3.63, 3.8) is 0 Å². The number of hydrogen-bond acceptors (Lipinski definition) is 1. The minimum absolute atomic E-state index is 0.0423. The number of fused-ring (bicyclic) bond motifs is 7. The van der Waals surface area contributed by atoms with Crippen molar-refractivity contribution in [1.82, 2.24) is 0 Å². The van der Waals surface area contributed by atoms with Crippen LogP contribution in [0.2, 0.25) is 0 Å². The lowest BCUT2D eigenvalue weighted by atomic mass is 9.61. The smallest absolute Gasteiger partial charge is 0.0543 e. The van der Waals surface area contributed by atoms with Crippen LogP contribution in [0.5, 0.6) is 0 Å². The molecule has 0 bridgehead atoms. The van der Waals surface area contributed by atoms with Gasteiger partial charge in [0.2, 0.25) is 0 Å². The standard InChI is InChI=1S/C51H51N/c1-32-23-26-42-47(49(4,5)28-27-48(42,2)3)46(32)39-30-38-36-20-14-16-22-41(36)51(8,9)44(38)31-45(39)52(33-17-11-10-12-18-33)34-24-25-37-35-19-13-15-21-40(35)50(6,7)43(37)29-34/h10-26,29-31H,27-28H2,1-9H3. The molecule has 0 N–H and O–H groups in total. The van der Waals surface area contributed by atoms with Crippen LogP contribution in [-0.2, 0) is 21.7 Å². The molecule has 6 aromatic carbocycles. The molecule has 0 atom stereocenters. The summed E-state index contributed by atoms with van der Waals surface area (Å²) >= 11 is 0. The third-order valence-electron chi connectivity index (χ3n) is 13.2. The topological polar surface area (TPSA) is 3.24 Å². The Labute approximate surface area is 311 Å². The monoisotopic (exact) mass is 677 g/mol. The minimum Gasteiger partial charge on any atom is -0.310 e. The maximum absolute atomic E-state index is 2.57. The van der Waals surface area contributed by atoms with Gasteiger partial charge in [-0.2, -0.15) is 0 Å². The summed E-state index contributed by atoms with van der Waals surface area (Å²) in [7, 11) is 0. The molecule has 3 aliphatic rings. The molecule has 0 aromatic heterocycles. The van der Waals surface area contributed by atoms with Crippen molar-refractivity contribution in [1.29, 1.82) is 0 Å². The van der Waals surface area contributed by atoms with E-state index < -0.39 is 0 Å². The molecular weight excluding hydrogens is 627 g/mol. The summed E-state index contributed by atoms with van der Waals surface area (Å²) in [5, 5.41) is 0. The van der Waals surface area contributed by atoms with Crippen molar-refractivity contribution in [3.05, 3.63) is 160 Å². The highest BCUT2D eigenvalue weighted by Crippen LogP contribution is 2.58. The van der Waals surface area contributed by atoms with E-state index in [0.717, 1.165) is 0 Å². The molecule has 0 aliphatic heterocycles. The van der Waals surface area contributed by atoms with E-state index in [1.165, 1.54) is 102 Å². The zero-order valence-corrected chi connectivity index (χ0v) is 32.4. The van der Waals surface area contributed by atoms with Crippen LogP contribution >= 0.6 is 0 Å². The molecule has 0 fully saturated rings. The first kappa shape index (κ1) is 33.0. The van der Waals surface area contributed by atoms with Gasteiger partial charge >= 0.3 is 0 Å². The number of nitrogens with zero attached hydrogens (tertiary/aromatic N) is 1. The summed E-state index contributed by atoms with van der Waals surface area (Å²) in [5.41, 5.74) is 21.7. The predicted molar refractivity (Wildman–Crippen MR) is 222 cm³/mol. The van der Waals surface area contributed by atoms with Crippen LogP contribution in [0.4, 0.5) is 17.1 Å². The lowest BCUT2D eigenvalue weighted by molar-refractivity contribution is 0.332. The molecule has 1 nitrogen and oxygen atoms in total. The first-order valence-electron chi connectivity index (χ1n) is 19.2. The van der Waals surface area contributed by atoms with Crippen molar-refractivity contribution in [2.75, 3.05) is 4.90 Å². The zero-order chi connectivity index (χ0) is 36.4. The maximum Gasteiger partial charge on any atom is 0.0543 e. The number of aryl methyl sites for hydroxylation is 1. The molecule has 0 amide bonds. The average molecular weight is 678 g/mol. The van der Waals surface area contributed by atoms with Gasteiger partial charge in [0.25, 0.3) is 0 Å². The van der Waals surface area contributed by atoms with Crippen molar-refractivity contribution in [3.8, 4) is 33.4 Å². The molecule has 1 heteroatoms. The van der Waals surface area contributed by atoms with Gasteiger partial charge in [-0.25, -0.2) is 0 Å². The summed E-state index contributed by atoms with van der Waals surface area (Å²) in [6.07, 6.45) is 2.36. The lowest BCUT2D eigenvalue weighted by Crippen LogP contribution is -2.34. The Morgan fingerprint density at radius 2 is 0.981 bits per heavy atom. The summed E-state index contributed by atoms with van der Waals surface area (Å²) < 4.78 is 0. The number of benzene rings is 6. The highest BCUT2D eigenvalue weighted by atomic mass is 15.1. The molecule has 0 saturated heterocycles. The molecule has 9 rings (SSSR count). The maximum atomic E-state index is 2.57. The normalized spacial score (nSPS) is 17.8. The predicted octanol–water partition coefficient (Wildman–Crippen LogP) is 14.1. The summed E-state index contributed by atoms with van der Waals surface area (Å²) in [6.45, 7) is 21.8. The molecule has 0 unspecified atom stereocenters. The van der Waals surface area contributed by atoms with E-state index in [1.54, 1.807) is 0 Å². The molecule has 52 heavy (non-hydrogen) atoms. The third kappa shape index (κ3) is 4.60. The highest BCUT2D eigenvalue weighted by molar-refractivity contribution is 5.97. The Bertz CT molecular complexity index is 2420. The Hall–Kier alpha value is -4.88. The number of hydrogen-bond donors (Lipinski definition) is 0. The second-order valence-electron chi connectivity index (χ2n) is 18.1. The molecule has 6 aromatic rings. The first-order chi connectivity index (χ1) is 24.7. The van der Waals surface area contributed by atoms with E-state index in [4.69, 9.17) is 0 Å². The SMILES string of the molecule is Cc1ccc2c(c1-c1cc3c(cc1N(c1ccccc1)c1ccc4c(c1)C(C)(C)c1ccccc1-4)C(C)(C)c1ccccc1-3)C(C)(C)CCC2(C)C. The number of anilines is 3. The van der Waals surface area contributed by atoms with Gasteiger partial charge in [-0.3, -0.25) is 0 Å². The van der Waals surface area contributed by atoms with Gasteiger partial charge in [0.05, 0.1) is 5.69 Å². The van der Waals surface area contributed by atoms with Gasteiger partial charge in [0.15, 0.2) is 0 Å². The Balaban J connectivity index is 1.39. The molecule has 0 saturated carbocycles. The van der Waals surface area contributed by atoms with Gasteiger partial charge < -0.3 is 4.90 Å². The quantitative estimate of drug-likeness (QED) is 0.179. The van der Waals surface area contributed by atoms with E-state index in [9.17, 15) is 0 Å². The minimum atomic E-state index is -0.129. The molecular formula is C51H51N. The molecule has 0 spiro atoms. The second kappa shape index (κ2) is 11.1. The number of para-hydroxylation sites is 1.